The molecule has 3 aromatic rings. The lowest BCUT2D eigenvalue weighted by molar-refractivity contribution is -0.138. The summed E-state index contributed by atoms with van der Waals surface area (Å²) in [6, 6.07) is 14.6. The maximum absolute atomic E-state index is 13.3. The fourth-order valence-corrected chi connectivity index (χ4v) is 3.43. The Labute approximate surface area is 185 Å². The molecule has 0 saturated carbocycles. The molecule has 2 amide bonds. The van der Waals surface area contributed by atoms with Crippen LogP contribution in [0.2, 0.25) is 0 Å². The number of halogens is 4. The smallest absolute Gasteiger partial charge is 0.416 e. The number of hydrogen-bond donors (Lipinski definition) is 0. The molecule has 3 rings (SSSR count). The van der Waals surface area contributed by atoms with Gasteiger partial charge >= 0.3 is 6.18 Å². The van der Waals surface area contributed by atoms with Crippen molar-refractivity contribution in [2.24, 2.45) is 0 Å². The summed E-state index contributed by atoms with van der Waals surface area (Å²) in [6.45, 7) is -0.244. The molecule has 31 heavy (non-hydrogen) atoms. The average molecular weight is 495 g/mol. The Morgan fingerprint density at radius 2 is 1.58 bits per heavy atom. The summed E-state index contributed by atoms with van der Waals surface area (Å²) in [5.41, 5.74) is -0.330. The third-order valence-electron chi connectivity index (χ3n) is 4.66. The summed E-state index contributed by atoms with van der Waals surface area (Å²) in [6.07, 6.45) is -4.53. The maximum Gasteiger partial charge on any atom is 0.416 e. The largest absolute Gasteiger partial charge is 0.444 e. The molecule has 0 saturated heterocycles. The molecule has 0 spiro atoms. The summed E-state index contributed by atoms with van der Waals surface area (Å²) in [5.74, 6) is -0.923. The lowest BCUT2D eigenvalue weighted by Crippen LogP contribution is -2.32. The summed E-state index contributed by atoms with van der Waals surface area (Å²) < 4.78 is 45.5. The van der Waals surface area contributed by atoms with Gasteiger partial charge in [0.15, 0.2) is 10.4 Å². The number of carbonyl (C=O) groups is 2. The van der Waals surface area contributed by atoms with Gasteiger partial charge in [-0.3, -0.25) is 9.59 Å². The van der Waals surface area contributed by atoms with E-state index in [2.05, 4.69) is 15.9 Å². The second-order valence-electron chi connectivity index (χ2n) is 6.80. The molecular weight excluding hydrogens is 477 g/mol. The first kappa shape index (κ1) is 22.6. The number of benzene rings is 2. The molecule has 0 fully saturated rings. The Morgan fingerprint density at radius 1 is 0.935 bits per heavy atom. The normalized spacial score (nSPS) is 11.3. The van der Waals surface area contributed by atoms with E-state index in [4.69, 9.17) is 4.42 Å². The van der Waals surface area contributed by atoms with Crippen molar-refractivity contribution in [3.63, 3.8) is 0 Å². The molecule has 0 unspecified atom stereocenters. The van der Waals surface area contributed by atoms with Crippen LogP contribution >= 0.6 is 15.9 Å². The van der Waals surface area contributed by atoms with Gasteiger partial charge in [0.2, 0.25) is 0 Å². The number of furan rings is 1. The van der Waals surface area contributed by atoms with Crippen molar-refractivity contribution in [2.45, 2.75) is 12.7 Å². The van der Waals surface area contributed by atoms with Crippen molar-refractivity contribution in [1.82, 2.24) is 4.90 Å². The van der Waals surface area contributed by atoms with E-state index in [0.717, 1.165) is 6.07 Å². The fourth-order valence-electron chi connectivity index (χ4n) is 3.12. The van der Waals surface area contributed by atoms with Crippen molar-refractivity contribution in [3.05, 3.63) is 87.8 Å². The highest BCUT2D eigenvalue weighted by atomic mass is 79.9. The van der Waals surface area contributed by atoms with Gasteiger partial charge in [-0.15, -0.1) is 0 Å². The number of anilines is 1. The van der Waals surface area contributed by atoms with Gasteiger partial charge in [0.25, 0.3) is 11.8 Å². The van der Waals surface area contributed by atoms with Crippen molar-refractivity contribution in [3.8, 4) is 0 Å². The summed E-state index contributed by atoms with van der Waals surface area (Å²) in [5, 5.41) is 0. The highest BCUT2D eigenvalue weighted by Gasteiger charge is 2.33. The van der Waals surface area contributed by atoms with E-state index >= 15 is 0 Å². The van der Waals surface area contributed by atoms with Gasteiger partial charge in [-0.2, -0.15) is 13.2 Å². The van der Waals surface area contributed by atoms with Gasteiger partial charge < -0.3 is 14.2 Å². The molecule has 0 aliphatic heterocycles. The van der Waals surface area contributed by atoms with Crippen molar-refractivity contribution in [2.75, 3.05) is 19.0 Å². The van der Waals surface area contributed by atoms with Crippen LogP contribution in [0, 0.1) is 0 Å². The number of rotatable bonds is 5. The minimum Gasteiger partial charge on any atom is -0.444 e. The minimum absolute atomic E-state index is 0.0202. The number of hydrogen-bond acceptors (Lipinski definition) is 3. The predicted molar refractivity (Wildman–Crippen MR) is 113 cm³/mol. The highest BCUT2D eigenvalue weighted by Crippen LogP contribution is 2.32. The summed E-state index contributed by atoms with van der Waals surface area (Å²) in [7, 11) is 2.90. The molecule has 0 bridgehead atoms. The van der Waals surface area contributed by atoms with E-state index in [0.29, 0.717) is 10.4 Å². The standard InChI is InChI=1S/C22H18BrF3N2O3/c1-27(13-14-7-3-5-9-16(14)22(24,25)26)20(29)15-8-4-6-10-17(15)28(2)21(30)18-11-12-19(23)31-18/h3-12H,13H2,1-2H3. The molecule has 5 nitrogen and oxygen atoms in total. The monoisotopic (exact) mass is 494 g/mol. The van der Waals surface area contributed by atoms with E-state index in [1.807, 2.05) is 0 Å². The maximum atomic E-state index is 13.3. The molecule has 0 radical (unpaired) electrons. The van der Waals surface area contributed by atoms with E-state index in [1.165, 1.54) is 54.2 Å². The van der Waals surface area contributed by atoms with Crippen LogP contribution in [-0.4, -0.2) is 30.8 Å². The van der Waals surface area contributed by atoms with Crippen LogP contribution in [0.4, 0.5) is 18.9 Å². The van der Waals surface area contributed by atoms with Crippen LogP contribution in [0.5, 0.6) is 0 Å². The molecule has 0 aliphatic carbocycles. The van der Waals surface area contributed by atoms with Crippen molar-refractivity contribution >= 4 is 33.4 Å². The molecule has 0 aliphatic rings. The van der Waals surface area contributed by atoms with Gasteiger partial charge in [-0.25, -0.2) is 0 Å². The molecule has 0 atom stereocenters. The van der Waals surface area contributed by atoms with Gasteiger partial charge in [0, 0.05) is 20.6 Å². The second kappa shape index (κ2) is 8.97. The predicted octanol–water partition coefficient (Wildman–Crippen LogP) is 5.61. The van der Waals surface area contributed by atoms with Gasteiger partial charge in [0.05, 0.1) is 16.8 Å². The van der Waals surface area contributed by atoms with E-state index in [9.17, 15) is 22.8 Å². The van der Waals surface area contributed by atoms with E-state index < -0.39 is 23.6 Å². The third kappa shape index (κ3) is 4.99. The summed E-state index contributed by atoms with van der Waals surface area (Å²) in [4.78, 5) is 28.2. The molecule has 2 aromatic carbocycles. The highest BCUT2D eigenvalue weighted by molar-refractivity contribution is 9.10. The van der Waals surface area contributed by atoms with Crippen molar-refractivity contribution in [1.29, 1.82) is 0 Å². The first-order valence-corrected chi connectivity index (χ1v) is 9.92. The van der Waals surface area contributed by atoms with Crippen LogP contribution in [0.3, 0.4) is 0 Å². The van der Waals surface area contributed by atoms with Crippen LogP contribution in [0.1, 0.15) is 32.0 Å². The fraction of sp³-hybridized carbons (Fsp3) is 0.182. The number of alkyl halides is 3. The summed E-state index contributed by atoms with van der Waals surface area (Å²) >= 11 is 3.14. The van der Waals surface area contributed by atoms with E-state index in [1.54, 1.807) is 24.3 Å². The minimum atomic E-state index is -4.53. The third-order valence-corrected chi connectivity index (χ3v) is 5.09. The van der Waals surface area contributed by atoms with Crippen molar-refractivity contribution < 1.29 is 27.2 Å². The zero-order chi connectivity index (χ0) is 22.8. The van der Waals surface area contributed by atoms with Crippen LogP contribution in [-0.2, 0) is 12.7 Å². The Bertz CT molecular complexity index is 1110. The zero-order valence-electron chi connectivity index (χ0n) is 16.6. The van der Waals surface area contributed by atoms with E-state index in [-0.39, 0.29) is 23.4 Å². The first-order chi connectivity index (χ1) is 14.6. The molecular formula is C22H18BrF3N2O3. The van der Waals surface area contributed by atoms with Crippen LogP contribution in [0.15, 0.2) is 69.8 Å². The molecule has 9 heteroatoms. The lowest BCUT2D eigenvalue weighted by Gasteiger charge is -2.24. The first-order valence-electron chi connectivity index (χ1n) is 9.12. The van der Waals surface area contributed by atoms with Crippen LogP contribution < -0.4 is 4.90 Å². The SMILES string of the molecule is CN(Cc1ccccc1C(F)(F)F)C(=O)c1ccccc1N(C)C(=O)c1ccc(Br)o1. The van der Waals surface area contributed by atoms with Crippen LogP contribution in [0.25, 0.3) is 0 Å². The number of nitrogens with zero attached hydrogens (tertiary/aromatic N) is 2. The average Bonchev–Trinajstić information content (AvgIpc) is 3.18. The Morgan fingerprint density at radius 3 is 2.23 bits per heavy atom. The zero-order valence-corrected chi connectivity index (χ0v) is 18.2. The quantitative estimate of drug-likeness (QED) is 0.463. The second-order valence-corrected chi connectivity index (χ2v) is 7.58. The van der Waals surface area contributed by atoms with Gasteiger partial charge in [-0.05, 0) is 51.8 Å². The topological polar surface area (TPSA) is 53.8 Å². The van der Waals surface area contributed by atoms with Gasteiger partial charge in [-0.1, -0.05) is 30.3 Å². The lowest BCUT2D eigenvalue weighted by atomic mass is 10.1. The molecule has 0 N–H and O–H groups in total. The Hall–Kier alpha value is -3.07. The number of amides is 2. The molecule has 162 valence electrons. The molecule has 1 heterocycles. The Kier molecular flexibility index (Phi) is 6.54. The number of carbonyl (C=O) groups excluding carboxylic acids is 2. The Balaban J connectivity index is 1.87. The number of para-hydroxylation sites is 1. The molecule has 1 aromatic heterocycles. The van der Waals surface area contributed by atoms with Gasteiger partial charge in [0.1, 0.15) is 0 Å².